The standard InChI is InChI=1S/C29H23ClN6O6/c30-20-12-10-18(11-13-20)16-25(32-28(37)19-6-2-1-3-7-19)27-31-23-9-5-4-8-22(23)29(38)34(27)33-24-15-14-21(35(39)40)17-26(24)36(41)42/h1-17,33,35-36,39,41H,(H,32,37)/b25-16-. The van der Waals surface area contributed by atoms with Crippen LogP contribution in [0.5, 0.6) is 0 Å². The number of carbonyl (C=O) groups is 1. The number of hydrogen-bond donors (Lipinski definition) is 6. The molecule has 0 radical (unpaired) electrons. The number of nitrogens with one attached hydrogen (secondary N) is 4. The summed E-state index contributed by atoms with van der Waals surface area (Å²) in [6.45, 7) is 0. The van der Waals surface area contributed by atoms with Crippen LogP contribution in [-0.4, -0.2) is 26.0 Å². The molecule has 0 saturated carbocycles. The van der Waals surface area contributed by atoms with E-state index in [4.69, 9.17) is 11.6 Å². The van der Waals surface area contributed by atoms with Crippen LogP contribution in [0.25, 0.3) is 22.7 Å². The Morgan fingerprint density at radius 3 is 2.29 bits per heavy atom. The molecule has 13 heteroatoms. The molecule has 212 valence electrons. The molecule has 0 bridgehead atoms. The van der Waals surface area contributed by atoms with Crippen molar-refractivity contribution in [2.24, 2.45) is 0 Å². The van der Waals surface area contributed by atoms with E-state index in [0.717, 1.165) is 10.7 Å². The van der Waals surface area contributed by atoms with Crippen LogP contribution in [0.4, 0.5) is 17.1 Å². The largest absolute Gasteiger partial charge is 0.595 e. The molecule has 0 saturated heterocycles. The fraction of sp³-hybridized carbons (Fsp3) is 0. The fourth-order valence-electron chi connectivity index (χ4n) is 4.16. The molecule has 2 unspecified atom stereocenters. The van der Waals surface area contributed by atoms with Gasteiger partial charge in [-0.25, -0.2) is 15.4 Å². The van der Waals surface area contributed by atoms with Crippen LogP contribution in [0, 0.1) is 10.4 Å². The van der Waals surface area contributed by atoms with E-state index >= 15 is 0 Å². The zero-order valence-electron chi connectivity index (χ0n) is 21.6. The van der Waals surface area contributed by atoms with Crippen molar-refractivity contribution >= 4 is 57.2 Å². The van der Waals surface area contributed by atoms with Crippen LogP contribution < -0.4 is 26.8 Å². The van der Waals surface area contributed by atoms with Gasteiger partial charge in [-0.05, 0) is 54.1 Å². The predicted molar refractivity (Wildman–Crippen MR) is 156 cm³/mol. The minimum Gasteiger partial charge on any atom is -0.595 e. The Kier molecular flexibility index (Phi) is 8.38. The Balaban J connectivity index is 1.72. The van der Waals surface area contributed by atoms with Crippen molar-refractivity contribution in [3.05, 3.63) is 140 Å². The van der Waals surface area contributed by atoms with Gasteiger partial charge in [-0.2, -0.15) is 15.1 Å². The van der Waals surface area contributed by atoms with Crippen molar-refractivity contribution in [1.29, 1.82) is 0 Å². The number of fused-ring (bicyclic) bond motifs is 1. The molecule has 12 nitrogen and oxygen atoms in total. The summed E-state index contributed by atoms with van der Waals surface area (Å²) in [6, 6.07) is 25.1. The molecule has 5 aromatic rings. The summed E-state index contributed by atoms with van der Waals surface area (Å²) in [5.74, 6) is -0.529. The van der Waals surface area contributed by atoms with Crippen LogP contribution in [-0.2, 0) is 0 Å². The van der Waals surface area contributed by atoms with Gasteiger partial charge in [0.15, 0.2) is 17.2 Å². The van der Waals surface area contributed by atoms with Crippen LogP contribution >= 0.6 is 11.6 Å². The lowest BCUT2D eigenvalue weighted by atomic mass is 10.1. The van der Waals surface area contributed by atoms with E-state index in [9.17, 15) is 30.4 Å². The van der Waals surface area contributed by atoms with E-state index in [0.29, 0.717) is 21.7 Å². The zero-order chi connectivity index (χ0) is 29.8. The number of hydrogen-bond acceptors (Lipinski definition) is 8. The van der Waals surface area contributed by atoms with Gasteiger partial charge in [0.25, 0.3) is 11.5 Å². The van der Waals surface area contributed by atoms with Crippen LogP contribution in [0.1, 0.15) is 21.7 Å². The monoisotopic (exact) mass is 586 g/mol. The second-order valence-electron chi connectivity index (χ2n) is 9.01. The Hall–Kier alpha value is -4.92. The van der Waals surface area contributed by atoms with Crippen molar-refractivity contribution in [2.75, 3.05) is 5.43 Å². The molecule has 5 rings (SSSR count). The van der Waals surface area contributed by atoms with Gasteiger partial charge < -0.3 is 15.7 Å². The molecule has 0 fully saturated rings. The molecule has 1 heterocycles. The normalized spacial score (nSPS) is 13.0. The second-order valence-corrected chi connectivity index (χ2v) is 9.44. The van der Waals surface area contributed by atoms with Gasteiger partial charge >= 0.3 is 0 Å². The average molecular weight is 587 g/mol. The number of halogens is 1. The summed E-state index contributed by atoms with van der Waals surface area (Å²) in [6.07, 6.45) is 1.59. The maximum Gasteiger partial charge on any atom is 0.280 e. The summed E-state index contributed by atoms with van der Waals surface area (Å²) >= 11 is 6.06. The van der Waals surface area contributed by atoms with Gasteiger partial charge in [0.2, 0.25) is 0 Å². The van der Waals surface area contributed by atoms with E-state index in [1.165, 1.54) is 12.1 Å². The summed E-state index contributed by atoms with van der Waals surface area (Å²) < 4.78 is 1.01. The van der Waals surface area contributed by atoms with Crippen molar-refractivity contribution < 1.29 is 25.7 Å². The molecular formula is C29H23ClN6O6. The number of nitrogens with zero attached hydrogens (tertiary/aromatic N) is 2. The third kappa shape index (κ3) is 6.20. The quantitative estimate of drug-likeness (QED) is 0.151. The van der Waals surface area contributed by atoms with Crippen molar-refractivity contribution in [3.63, 3.8) is 0 Å². The first-order chi connectivity index (χ1) is 20.2. The average Bonchev–Trinajstić information content (AvgIpc) is 2.99. The van der Waals surface area contributed by atoms with Gasteiger partial charge in [-0.3, -0.25) is 15.0 Å². The van der Waals surface area contributed by atoms with Gasteiger partial charge in [0, 0.05) is 16.7 Å². The first-order valence-corrected chi connectivity index (χ1v) is 12.8. The molecule has 1 amide bonds. The first-order valence-electron chi connectivity index (χ1n) is 12.4. The number of para-hydroxylation sites is 1. The summed E-state index contributed by atoms with van der Waals surface area (Å²) in [5.41, 5.74) is 2.89. The Morgan fingerprint density at radius 1 is 0.905 bits per heavy atom. The third-order valence-electron chi connectivity index (χ3n) is 6.21. The lowest BCUT2D eigenvalue weighted by molar-refractivity contribution is -0.996. The Bertz CT molecular complexity index is 1840. The predicted octanol–water partition coefficient (Wildman–Crippen LogP) is 2.66. The molecule has 2 atom stereocenters. The zero-order valence-corrected chi connectivity index (χ0v) is 22.4. The highest BCUT2D eigenvalue weighted by Gasteiger charge is 2.21. The number of carbonyl (C=O) groups excluding carboxylic acids is 1. The minimum absolute atomic E-state index is 0.0448. The molecule has 0 aliphatic rings. The SMILES string of the molecule is O=C(N/C(=C\c1ccc(Cl)cc1)c1nc2ccccc2c(=O)n1Nc1ccc([NH+]([O-])O)cc1[NH+]([O-])O)c1ccccc1. The molecule has 0 aliphatic heterocycles. The smallest absolute Gasteiger partial charge is 0.280 e. The lowest BCUT2D eigenvalue weighted by Crippen LogP contribution is -3.00. The van der Waals surface area contributed by atoms with Crippen molar-refractivity contribution in [3.8, 4) is 0 Å². The van der Waals surface area contributed by atoms with E-state index in [-0.39, 0.29) is 28.3 Å². The number of amides is 1. The van der Waals surface area contributed by atoms with E-state index in [1.807, 2.05) is 0 Å². The third-order valence-corrected chi connectivity index (χ3v) is 6.46. The van der Waals surface area contributed by atoms with Gasteiger partial charge in [-0.1, -0.05) is 54.1 Å². The van der Waals surface area contributed by atoms with Crippen LogP contribution in [0.2, 0.25) is 5.02 Å². The van der Waals surface area contributed by atoms with Gasteiger partial charge in [0.1, 0.15) is 5.69 Å². The lowest BCUT2D eigenvalue weighted by Gasteiger charge is -2.22. The van der Waals surface area contributed by atoms with Crippen LogP contribution in [0.15, 0.2) is 102 Å². The second kappa shape index (κ2) is 12.3. The summed E-state index contributed by atoms with van der Waals surface area (Å²) in [4.78, 5) is 31.8. The summed E-state index contributed by atoms with van der Waals surface area (Å²) in [7, 11) is 0. The van der Waals surface area contributed by atoms with E-state index in [2.05, 4.69) is 15.7 Å². The molecule has 42 heavy (non-hydrogen) atoms. The summed E-state index contributed by atoms with van der Waals surface area (Å²) in [5, 5.41) is 43.5. The number of rotatable bonds is 8. The van der Waals surface area contributed by atoms with E-state index < -0.39 is 27.6 Å². The maximum atomic E-state index is 13.8. The maximum absolute atomic E-state index is 13.8. The van der Waals surface area contributed by atoms with E-state index in [1.54, 1.807) is 84.9 Å². The number of benzene rings is 4. The molecule has 4 aromatic carbocycles. The Labute approximate surface area is 243 Å². The molecule has 0 aliphatic carbocycles. The number of aromatic nitrogens is 2. The fourth-order valence-corrected chi connectivity index (χ4v) is 4.28. The highest BCUT2D eigenvalue weighted by molar-refractivity contribution is 6.30. The highest BCUT2D eigenvalue weighted by Crippen LogP contribution is 2.23. The van der Waals surface area contributed by atoms with Crippen molar-refractivity contribution in [1.82, 2.24) is 15.0 Å². The van der Waals surface area contributed by atoms with Crippen molar-refractivity contribution in [2.45, 2.75) is 0 Å². The minimum atomic E-state index is -1.42. The molecule has 0 spiro atoms. The van der Waals surface area contributed by atoms with Gasteiger partial charge in [0.05, 0.1) is 22.7 Å². The van der Waals surface area contributed by atoms with Crippen LogP contribution in [0.3, 0.4) is 0 Å². The molecule has 6 N–H and O–H groups in total. The number of anilines is 1. The van der Waals surface area contributed by atoms with Gasteiger partial charge in [-0.15, -0.1) is 0 Å². The Morgan fingerprint density at radius 2 is 1.60 bits per heavy atom. The topological polar surface area (TPSA) is 171 Å². The first kappa shape index (κ1) is 28.6. The highest BCUT2D eigenvalue weighted by atomic mass is 35.5. The number of quaternary nitrogens is 2. The molecule has 1 aromatic heterocycles. The molecular weight excluding hydrogens is 564 g/mol.